The lowest BCUT2D eigenvalue weighted by atomic mass is 9.88. The van der Waals surface area contributed by atoms with Crippen molar-refractivity contribution in [1.82, 2.24) is 9.97 Å². The fourth-order valence-electron chi connectivity index (χ4n) is 6.40. The average Bonchev–Trinajstić information content (AvgIpc) is 3.09. The predicted octanol–water partition coefficient (Wildman–Crippen LogP) is 10.9. The highest BCUT2D eigenvalue weighted by molar-refractivity contribution is 6.15. The van der Waals surface area contributed by atoms with Gasteiger partial charge in [-0.3, -0.25) is 0 Å². The van der Waals surface area contributed by atoms with Crippen LogP contribution < -0.4 is 0 Å². The first-order valence-corrected chi connectivity index (χ1v) is 14.7. The smallest absolute Gasteiger partial charge is 0.160 e. The standard InChI is InChI=1S/C41H28N2/c1-27-32-16-7-8-18-34(32)35-19-9-10-20-37(35)40(27)30-22-24-31(25-23-30)41-42-38(29-13-3-2-4-14-29)26-39(43-41)36-21-11-15-28-12-5-6-17-33(28)36/h2-26H,1H3. The van der Waals surface area contributed by atoms with Crippen molar-refractivity contribution in [2.45, 2.75) is 6.92 Å². The maximum absolute atomic E-state index is 5.15. The van der Waals surface area contributed by atoms with Crippen LogP contribution in [0.15, 0.2) is 152 Å². The van der Waals surface area contributed by atoms with E-state index in [1.165, 1.54) is 49.0 Å². The second-order valence-corrected chi connectivity index (χ2v) is 11.0. The molecule has 0 aliphatic rings. The molecule has 7 aromatic carbocycles. The normalized spacial score (nSPS) is 11.4. The molecule has 0 fully saturated rings. The minimum absolute atomic E-state index is 0.718. The summed E-state index contributed by atoms with van der Waals surface area (Å²) in [7, 11) is 0. The molecule has 0 bridgehead atoms. The van der Waals surface area contributed by atoms with Gasteiger partial charge in [0.25, 0.3) is 0 Å². The van der Waals surface area contributed by atoms with E-state index in [9.17, 15) is 0 Å². The molecule has 202 valence electrons. The van der Waals surface area contributed by atoms with Gasteiger partial charge < -0.3 is 0 Å². The van der Waals surface area contributed by atoms with Crippen molar-refractivity contribution >= 4 is 32.3 Å². The minimum atomic E-state index is 0.718. The van der Waals surface area contributed by atoms with E-state index < -0.39 is 0 Å². The topological polar surface area (TPSA) is 25.8 Å². The molecule has 0 spiro atoms. The van der Waals surface area contributed by atoms with Gasteiger partial charge in [-0.2, -0.15) is 0 Å². The Morgan fingerprint density at radius 3 is 1.72 bits per heavy atom. The Kier molecular flexibility index (Phi) is 6.05. The monoisotopic (exact) mass is 548 g/mol. The zero-order valence-corrected chi connectivity index (χ0v) is 23.8. The van der Waals surface area contributed by atoms with Crippen molar-refractivity contribution in [2.24, 2.45) is 0 Å². The number of hydrogen-bond acceptors (Lipinski definition) is 2. The summed E-state index contributed by atoms with van der Waals surface area (Å²) in [6.07, 6.45) is 0. The molecular formula is C41H28N2. The van der Waals surface area contributed by atoms with Gasteiger partial charge in [0, 0.05) is 16.7 Å². The minimum Gasteiger partial charge on any atom is -0.228 e. The Morgan fingerprint density at radius 2 is 0.953 bits per heavy atom. The van der Waals surface area contributed by atoms with Gasteiger partial charge in [-0.1, -0.05) is 146 Å². The summed E-state index contributed by atoms with van der Waals surface area (Å²) in [5.41, 5.74) is 8.76. The molecule has 1 heterocycles. The third-order valence-corrected chi connectivity index (χ3v) is 8.49. The van der Waals surface area contributed by atoms with Crippen LogP contribution in [0.4, 0.5) is 0 Å². The largest absolute Gasteiger partial charge is 0.228 e. The molecule has 0 N–H and O–H groups in total. The molecule has 0 radical (unpaired) electrons. The second kappa shape index (κ2) is 10.3. The average molecular weight is 549 g/mol. The van der Waals surface area contributed by atoms with E-state index >= 15 is 0 Å². The highest BCUT2D eigenvalue weighted by atomic mass is 14.9. The van der Waals surface area contributed by atoms with Crippen LogP contribution in [-0.2, 0) is 0 Å². The zero-order chi connectivity index (χ0) is 28.8. The van der Waals surface area contributed by atoms with Gasteiger partial charge in [0.2, 0.25) is 0 Å². The summed E-state index contributed by atoms with van der Waals surface area (Å²) in [4.78, 5) is 10.2. The number of rotatable bonds is 4. The lowest BCUT2D eigenvalue weighted by Crippen LogP contribution is -1.96. The first kappa shape index (κ1) is 25.1. The number of hydrogen-bond donors (Lipinski definition) is 0. The highest BCUT2D eigenvalue weighted by Crippen LogP contribution is 2.39. The Morgan fingerprint density at radius 1 is 0.395 bits per heavy atom. The van der Waals surface area contributed by atoms with Gasteiger partial charge >= 0.3 is 0 Å². The molecule has 0 saturated carbocycles. The quantitative estimate of drug-likeness (QED) is 0.204. The van der Waals surface area contributed by atoms with Crippen molar-refractivity contribution in [1.29, 1.82) is 0 Å². The maximum atomic E-state index is 5.15. The van der Waals surface area contributed by atoms with E-state index in [4.69, 9.17) is 9.97 Å². The summed E-state index contributed by atoms with van der Waals surface area (Å²) in [5.74, 6) is 0.718. The van der Waals surface area contributed by atoms with Gasteiger partial charge in [-0.15, -0.1) is 0 Å². The summed E-state index contributed by atoms with van der Waals surface area (Å²) in [5, 5.41) is 7.52. The number of aryl methyl sites for hydroxylation is 1. The van der Waals surface area contributed by atoms with E-state index in [0.717, 1.165) is 33.9 Å². The van der Waals surface area contributed by atoms with Gasteiger partial charge in [0.05, 0.1) is 11.4 Å². The SMILES string of the molecule is Cc1c(-c2ccc(-c3nc(-c4ccccc4)cc(-c4cccc5ccccc45)n3)cc2)c2ccccc2c2ccccc12. The van der Waals surface area contributed by atoms with E-state index in [-0.39, 0.29) is 0 Å². The molecule has 8 aromatic rings. The van der Waals surface area contributed by atoms with Crippen LogP contribution in [0.5, 0.6) is 0 Å². The fourth-order valence-corrected chi connectivity index (χ4v) is 6.40. The van der Waals surface area contributed by atoms with Crippen LogP contribution in [0.2, 0.25) is 0 Å². The summed E-state index contributed by atoms with van der Waals surface area (Å²) in [6.45, 7) is 2.24. The molecule has 0 aliphatic heterocycles. The molecular weight excluding hydrogens is 520 g/mol. The number of benzene rings is 7. The molecule has 43 heavy (non-hydrogen) atoms. The van der Waals surface area contributed by atoms with Gasteiger partial charge in [-0.25, -0.2) is 9.97 Å². The molecule has 0 amide bonds. The van der Waals surface area contributed by atoms with E-state index in [1.807, 2.05) is 6.07 Å². The molecule has 0 unspecified atom stereocenters. The van der Waals surface area contributed by atoms with Crippen molar-refractivity contribution in [3.8, 4) is 45.0 Å². The molecule has 0 saturated heterocycles. The first-order valence-electron chi connectivity index (χ1n) is 14.7. The molecule has 2 heteroatoms. The summed E-state index contributed by atoms with van der Waals surface area (Å²) >= 11 is 0. The van der Waals surface area contributed by atoms with E-state index in [0.29, 0.717) is 0 Å². The predicted molar refractivity (Wildman–Crippen MR) is 181 cm³/mol. The third-order valence-electron chi connectivity index (χ3n) is 8.49. The van der Waals surface area contributed by atoms with Gasteiger partial charge in [0.15, 0.2) is 5.82 Å². The number of nitrogens with zero attached hydrogens (tertiary/aromatic N) is 2. The van der Waals surface area contributed by atoms with Crippen molar-refractivity contribution in [3.05, 3.63) is 157 Å². The van der Waals surface area contributed by atoms with Crippen molar-refractivity contribution in [2.75, 3.05) is 0 Å². The van der Waals surface area contributed by atoms with Crippen LogP contribution in [0, 0.1) is 6.92 Å². The van der Waals surface area contributed by atoms with Crippen LogP contribution in [-0.4, -0.2) is 9.97 Å². The fraction of sp³-hybridized carbons (Fsp3) is 0.0244. The molecule has 0 aliphatic carbocycles. The second-order valence-electron chi connectivity index (χ2n) is 11.0. The molecule has 8 rings (SSSR count). The number of fused-ring (bicyclic) bond motifs is 4. The maximum Gasteiger partial charge on any atom is 0.160 e. The summed E-state index contributed by atoms with van der Waals surface area (Å²) in [6, 6.07) is 53.5. The van der Waals surface area contributed by atoms with E-state index in [2.05, 4.69) is 153 Å². The molecule has 2 nitrogen and oxygen atoms in total. The van der Waals surface area contributed by atoms with Crippen molar-refractivity contribution < 1.29 is 0 Å². The van der Waals surface area contributed by atoms with Crippen LogP contribution >= 0.6 is 0 Å². The van der Waals surface area contributed by atoms with Crippen LogP contribution in [0.1, 0.15) is 5.56 Å². The third kappa shape index (κ3) is 4.36. The number of aromatic nitrogens is 2. The van der Waals surface area contributed by atoms with Crippen LogP contribution in [0.3, 0.4) is 0 Å². The molecule has 1 aromatic heterocycles. The summed E-state index contributed by atoms with van der Waals surface area (Å²) < 4.78 is 0. The van der Waals surface area contributed by atoms with Gasteiger partial charge in [0.1, 0.15) is 0 Å². The zero-order valence-electron chi connectivity index (χ0n) is 23.8. The molecule has 0 atom stereocenters. The lowest BCUT2D eigenvalue weighted by molar-refractivity contribution is 1.18. The Bertz CT molecular complexity index is 2280. The van der Waals surface area contributed by atoms with Crippen LogP contribution in [0.25, 0.3) is 77.3 Å². The Hall–Kier alpha value is -5.60. The Balaban J connectivity index is 1.30. The Labute approximate surface area is 251 Å². The first-order chi connectivity index (χ1) is 21.2. The van der Waals surface area contributed by atoms with E-state index in [1.54, 1.807) is 0 Å². The highest BCUT2D eigenvalue weighted by Gasteiger charge is 2.15. The van der Waals surface area contributed by atoms with Gasteiger partial charge in [-0.05, 0) is 62.0 Å². The lowest BCUT2D eigenvalue weighted by Gasteiger charge is -2.16. The van der Waals surface area contributed by atoms with Crippen molar-refractivity contribution in [3.63, 3.8) is 0 Å².